The van der Waals surface area contributed by atoms with E-state index in [1.165, 1.54) is 0 Å². The van der Waals surface area contributed by atoms with Gasteiger partial charge >= 0.3 is 0 Å². The third kappa shape index (κ3) is 5.62. The van der Waals surface area contributed by atoms with Crippen molar-refractivity contribution < 1.29 is 55.1 Å². The second-order valence-electron chi connectivity index (χ2n) is 5.94. The summed E-state index contributed by atoms with van der Waals surface area (Å²) in [5.41, 5.74) is 0. The van der Waals surface area contributed by atoms with Crippen LogP contribution in [0.2, 0.25) is 0 Å². The van der Waals surface area contributed by atoms with Gasteiger partial charge in [-0.15, -0.1) is 0 Å². The zero-order valence-corrected chi connectivity index (χ0v) is 13.4. The van der Waals surface area contributed by atoms with Crippen molar-refractivity contribution in [2.24, 2.45) is 5.92 Å². The average molecular weight is 370 g/mol. The largest absolute Gasteiger partial charge is 0.394 e. The van der Waals surface area contributed by atoms with Gasteiger partial charge in [0, 0.05) is 5.92 Å². The fourth-order valence-corrected chi connectivity index (χ4v) is 2.54. The number of aliphatic hydroxyl groups excluding tert-OH is 8. The molecule has 25 heavy (non-hydrogen) atoms. The highest BCUT2D eigenvalue weighted by Gasteiger charge is 2.43. The van der Waals surface area contributed by atoms with E-state index in [2.05, 4.69) is 0 Å². The van der Waals surface area contributed by atoms with Crippen LogP contribution in [0.1, 0.15) is 0 Å². The number of ether oxygens (including phenoxy) is 2. The van der Waals surface area contributed by atoms with Crippen LogP contribution in [0.5, 0.6) is 0 Å². The predicted octanol–water partition coefficient (Wildman–Crippen LogP) is -5.26. The molecular formula is C14H26O11. The summed E-state index contributed by atoms with van der Waals surface area (Å²) in [5, 5.41) is 76.1. The molecule has 1 aliphatic rings. The zero-order valence-electron chi connectivity index (χ0n) is 13.4. The van der Waals surface area contributed by atoms with Crippen molar-refractivity contribution in [3.8, 4) is 0 Å². The quantitative estimate of drug-likeness (QED) is 0.171. The van der Waals surface area contributed by atoms with Gasteiger partial charge in [0.15, 0.2) is 6.29 Å². The smallest absolute Gasteiger partial charge is 0.151 e. The number of carbonyl (C=O) groups excluding carboxylic acids is 1. The molecule has 11 heteroatoms. The highest BCUT2D eigenvalue weighted by Crippen LogP contribution is 2.22. The topological polar surface area (TPSA) is 197 Å². The molecule has 0 spiro atoms. The Labute approximate surface area is 143 Å². The van der Waals surface area contributed by atoms with Crippen LogP contribution in [0.15, 0.2) is 0 Å². The van der Waals surface area contributed by atoms with E-state index in [0.717, 1.165) is 0 Å². The van der Waals surface area contributed by atoms with Crippen LogP contribution in [0.25, 0.3) is 0 Å². The van der Waals surface area contributed by atoms with Gasteiger partial charge in [-0.05, 0) is 0 Å². The first kappa shape index (κ1) is 22.3. The molecule has 0 saturated carbocycles. The van der Waals surface area contributed by atoms with E-state index in [1.807, 2.05) is 0 Å². The van der Waals surface area contributed by atoms with Gasteiger partial charge in [0.2, 0.25) is 0 Å². The summed E-state index contributed by atoms with van der Waals surface area (Å²) in [5.74, 6) is -1.21. The van der Waals surface area contributed by atoms with Crippen molar-refractivity contribution in [3.63, 3.8) is 0 Å². The Kier molecular flexibility index (Phi) is 9.30. The lowest BCUT2D eigenvalue weighted by atomic mass is 9.93. The number of carbonyl (C=O) groups is 1. The summed E-state index contributed by atoms with van der Waals surface area (Å²) in [4.78, 5) is 10.5. The van der Waals surface area contributed by atoms with Crippen LogP contribution < -0.4 is 0 Å². The predicted molar refractivity (Wildman–Crippen MR) is 79.2 cm³/mol. The van der Waals surface area contributed by atoms with Crippen LogP contribution in [-0.2, 0) is 14.3 Å². The van der Waals surface area contributed by atoms with Gasteiger partial charge in [-0.2, -0.15) is 0 Å². The number of hydrogen-bond acceptors (Lipinski definition) is 11. The van der Waals surface area contributed by atoms with Gasteiger partial charge in [0.25, 0.3) is 0 Å². The number of aldehydes is 1. The lowest BCUT2D eigenvalue weighted by molar-refractivity contribution is -0.240. The molecule has 1 aliphatic heterocycles. The average Bonchev–Trinajstić information content (AvgIpc) is 2.63. The van der Waals surface area contributed by atoms with Crippen molar-refractivity contribution in [1.82, 2.24) is 0 Å². The SMILES string of the molecule is O=CC(O)C(O)[C@H](COC[C@H]1OC(CO)[C@H](O)C(O)C1O)C(O)CO. The van der Waals surface area contributed by atoms with Crippen molar-refractivity contribution in [1.29, 1.82) is 0 Å². The van der Waals surface area contributed by atoms with Crippen molar-refractivity contribution in [2.45, 2.75) is 48.8 Å². The van der Waals surface area contributed by atoms with Crippen molar-refractivity contribution in [2.75, 3.05) is 26.4 Å². The molecule has 9 atom stereocenters. The third-order valence-electron chi connectivity index (χ3n) is 4.19. The summed E-state index contributed by atoms with van der Waals surface area (Å²) in [6, 6.07) is 0. The number of rotatable bonds is 10. The summed E-state index contributed by atoms with van der Waals surface area (Å²) in [6.07, 6.45) is -11.7. The Balaban J connectivity index is 2.63. The fourth-order valence-electron chi connectivity index (χ4n) is 2.54. The highest BCUT2D eigenvalue weighted by atomic mass is 16.6. The summed E-state index contributed by atoms with van der Waals surface area (Å²) in [7, 11) is 0. The van der Waals surface area contributed by atoms with Crippen LogP contribution in [0.4, 0.5) is 0 Å². The van der Waals surface area contributed by atoms with Crippen LogP contribution >= 0.6 is 0 Å². The number of hydrogen-bond donors (Lipinski definition) is 8. The first-order chi connectivity index (χ1) is 11.8. The molecule has 0 aromatic carbocycles. The molecule has 6 unspecified atom stereocenters. The standard InChI is InChI=1S/C14H26O11/c15-1-7(18)6(11(20)8(19)2-16)4-24-5-10-13(22)14(23)12(21)9(3-17)25-10/h2,6-15,17-23H,1,3-5H2/t6-,7?,8?,9?,10-,11?,12+,13?,14?/m1/s1. The Hall–Kier alpha value is -0.730. The second-order valence-corrected chi connectivity index (χ2v) is 5.94. The Morgan fingerprint density at radius 3 is 2.12 bits per heavy atom. The fraction of sp³-hybridized carbons (Fsp3) is 0.929. The van der Waals surface area contributed by atoms with Crippen molar-refractivity contribution >= 4 is 6.29 Å². The van der Waals surface area contributed by atoms with E-state index in [1.54, 1.807) is 0 Å². The lowest BCUT2D eigenvalue weighted by Gasteiger charge is -2.40. The molecule has 0 aromatic heterocycles. The van der Waals surface area contributed by atoms with Gasteiger partial charge in [-0.1, -0.05) is 0 Å². The van der Waals surface area contributed by atoms with E-state index in [0.29, 0.717) is 0 Å². The number of aliphatic hydroxyl groups is 8. The van der Waals surface area contributed by atoms with E-state index < -0.39 is 74.6 Å². The van der Waals surface area contributed by atoms with Crippen molar-refractivity contribution in [3.05, 3.63) is 0 Å². The molecule has 11 nitrogen and oxygen atoms in total. The minimum Gasteiger partial charge on any atom is -0.394 e. The molecule has 0 amide bonds. The van der Waals surface area contributed by atoms with E-state index in [-0.39, 0.29) is 12.9 Å². The Morgan fingerprint density at radius 1 is 1.00 bits per heavy atom. The molecule has 0 aliphatic carbocycles. The maximum absolute atomic E-state index is 10.5. The Bertz CT molecular complexity index is 393. The van der Waals surface area contributed by atoms with Gasteiger partial charge in [-0.25, -0.2) is 0 Å². The summed E-state index contributed by atoms with van der Waals surface area (Å²) < 4.78 is 10.4. The molecule has 1 fully saturated rings. The van der Waals surface area contributed by atoms with E-state index >= 15 is 0 Å². The molecule has 148 valence electrons. The maximum Gasteiger partial charge on any atom is 0.151 e. The normalized spacial score (nSPS) is 35.0. The van der Waals surface area contributed by atoms with E-state index in [9.17, 15) is 35.4 Å². The van der Waals surface area contributed by atoms with Crippen LogP contribution in [0, 0.1) is 5.92 Å². The summed E-state index contributed by atoms with van der Waals surface area (Å²) >= 11 is 0. The lowest BCUT2D eigenvalue weighted by Crippen LogP contribution is -2.59. The highest BCUT2D eigenvalue weighted by molar-refractivity contribution is 5.56. The van der Waals surface area contributed by atoms with E-state index in [4.69, 9.17) is 19.7 Å². The minimum atomic E-state index is -1.79. The molecule has 0 radical (unpaired) electrons. The first-order valence-electron chi connectivity index (χ1n) is 7.77. The molecule has 8 N–H and O–H groups in total. The Morgan fingerprint density at radius 2 is 1.60 bits per heavy atom. The molecule has 0 bridgehead atoms. The van der Waals surface area contributed by atoms with Crippen LogP contribution in [0.3, 0.4) is 0 Å². The van der Waals surface area contributed by atoms with Gasteiger partial charge in [-0.3, -0.25) is 0 Å². The van der Waals surface area contributed by atoms with Crippen LogP contribution in [-0.4, -0.2) is 122 Å². The summed E-state index contributed by atoms with van der Waals surface area (Å²) in [6.45, 7) is -2.11. The molecule has 1 heterocycles. The van der Waals surface area contributed by atoms with Gasteiger partial charge < -0.3 is 55.1 Å². The maximum atomic E-state index is 10.5. The molecule has 1 rings (SSSR count). The monoisotopic (exact) mass is 370 g/mol. The molecule has 0 aromatic rings. The third-order valence-corrected chi connectivity index (χ3v) is 4.19. The first-order valence-corrected chi connectivity index (χ1v) is 7.77. The molecule has 1 saturated heterocycles. The zero-order chi connectivity index (χ0) is 19.1. The van der Waals surface area contributed by atoms with Gasteiger partial charge in [0.1, 0.15) is 36.6 Å². The minimum absolute atomic E-state index is 0.0688. The second kappa shape index (κ2) is 10.4. The van der Waals surface area contributed by atoms with Gasteiger partial charge in [0.05, 0.1) is 38.6 Å². The molecular weight excluding hydrogens is 344 g/mol.